The second-order valence-corrected chi connectivity index (χ2v) is 8.77. The summed E-state index contributed by atoms with van der Waals surface area (Å²) in [6.45, 7) is 1.35. The van der Waals surface area contributed by atoms with Gasteiger partial charge < -0.3 is 15.2 Å². The predicted molar refractivity (Wildman–Crippen MR) is 144 cm³/mol. The van der Waals surface area contributed by atoms with Gasteiger partial charge in [-0.25, -0.2) is 0 Å². The topological polar surface area (TPSA) is 61.6 Å². The van der Waals surface area contributed by atoms with Gasteiger partial charge >= 0.3 is 0 Å². The Bertz CT molecular complexity index is 1420. The lowest BCUT2D eigenvalue weighted by atomic mass is 9.92. The average Bonchev–Trinajstić information content (AvgIpc) is 2.87. The van der Waals surface area contributed by atoms with Crippen LogP contribution in [0.25, 0.3) is 43.1 Å². The van der Waals surface area contributed by atoms with E-state index in [2.05, 4.69) is 84.9 Å². The molecule has 2 N–H and O–H groups in total. The molecule has 176 valence electrons. The van der Waals surface area contributed by atoms with Crippen LogP contribution < -0.4 is 5.73 Å². The SMILES string of the molecule is NC(=O)C=CC1OCCCCCO1.c1ccc2cc3c4ccccc4c4ccccc4c3cc2c1. The minimum absolute atomic E-state index is 0.409. The van der Waals surface area contributed by atoms with Crippen molar-refractivity contribution in [3.8, 4) is 0 Å². The molecular weight excluding hydrogens is 434 g/mol. The molecule has 35 heavy (non-hydrogen) atoms. The average molecular weight is 464 g/mol. The fourth-order valence-corrected chi connectivity index (χ4v) is 4.70. The summed E-state index contributed by atoms with van der Waals surface area (Å²) >= 11 is 0. The van der Waals surface area contributed by atoms with E-state index in [9.17, 15) is 4.79 Å². The van der Waals surface area contributed by atoms with Gasteiger partial charge in [-0.2, -0.15) is 0 Å². The van der Waals surface area contributed by atoms with Crippen LogP contribution in [0.3, 0.4) is 0 Å². The van der Waals surface area contributed by atoms with Gasteiger partial charge in [-0.3, -0.25) is 4.79 Å². The van der Waals surface area contributed by atoms with E-state index in [-0.39, 0.29) is 0 Å². The summed E-state index contributed by atoms with van der Waals surface area (Å²) in [4.78, 5) is 10.4. The Morgan fingerprint density at radius 3 is 1.54 bits per heavy atom. The molecule has 1 saturated heterocycles. The van der Waals surface area contributed by atoms with Crippen LogP contribution in [0, 0.1) is 0 Å². The Balaban J connectivity index is 0.000000168. The normalized spacial score (nSPS) is 15.2. The first-order chi connectivity index (χ1) is 17.2. The summed E-state index contributed by atoms with van der Waals surface area (Å²) in [5.41, 5.74) is 4.94. The van der Waals surface area contributed by atoms with Crippen molar-refractivity contribution < 1.29 is 14.3 Å². The standard InChI is InChI=1S/C22H14.C9H15NO3/c1-2-8-16-14-22-20-12-6-4-10-18(20)17-9-3-5-11-19(17)21(22)13-15(16)7-1;10-8(11)4-5-9-12-6-2-1-3-7-13-9/h1-14H;4-5,9H,1-3,6-7H2,(H2,10,11). The molecule has 4 nitrogen and oxygen atoms in total. The van der Waals surface area contributed by atoms with Gasteiger partial charge in [0.25, 0.3) is 0 Å². The largest absolute Gasteiger partial charge is 0.366 e. The molecule has 0 spiro atoms. The van der Waals surface area contributed by atoms with Crippen molar-refractivity contribution in [2.24, 2.45) is 5.73 Å². The zero-order valence-electron chi connectivity index (χ0n) is 19.7. The first kappa shape index (κ1) is 23.0. The first-order valence-electron chi connectivity index (χ1n) is 12.1. The molecule has 1 aliphatic rings. The van der Waals surface area contributed by atoms with Crippen LogP contribution in [0.4, 0.5) is 0 Å². The molecule has 1 fully saturated rings. The minimum atomic E-state index is -0.478. The van der Waals surface area contributed by atoms with Crippen molar-refractivity contribution >= 4 is 49.0 Å². The molecule has 0 saturated carbocycles. The molecule has 5 aromatic carbocycles. The molecule has 1 aliphatic heterocycles. The summed E-state index contributed by atoms with van der Waals surface area (Å²) in [7, 11) is 0. The number of primary amides is 1. The van der Waals surface area contributed by atoms with Gasteiger partial charge in [0, 0.05) is 6.08 Å². The third-order valence-corrected chi connectivity index (χ3v) is 6.38. The summed E-state index contributed by atoms with van der Waals surface area (Å²) in [6.07, 6.45) is 5.63. The molecule has 0 unspecified atom stereocenters. The van der Waals surface area contributed by atoms with E-state index in [0.717, 1.165) is 19.3 Å². The smallest absolute Gasteiger partial charge is 0.241 e. The lowest BCUT2D eigenvalue weighted by Gasteiger charge is -2.17. The Hall–Kier alpha value is -3.73. The highest BCUT2D eigenvalue weighted by Gasteiger charge is 2.09. The van der Waals surface area contributed by atoms with Gasteiger partial charge in [0.05, 0.1) is 13.2 Å². The van der Waals surface area contributed by atoms with E-state index in [0.29, 0.717) is 13.2 Å². The Morgan fingerprint density at radius 2 is 1.09 bits per heavy atom. The van der Waals surface area contributed by atoms with E-state index in [1.165, 1.54) is 49.2 Å². The first-order valence-corrected chi connectivity index (χ1v) is 12.1. The Labute approximate surface area is 204 Å². The van der Waals surface area contributed by atoms with Crippen molar-refractivity contribution in [3.63, 3.8) is 0 Å². The molecule has 1 amide bonds. The van der Waals surface area contributed by atoms with Gasteiger partial charge in [-0.15, -0.1) is 0 Å². The Morgan fingerprint density at radius 1 is 0.657 bits per heavy atom. The fraction of sp³-hybridized carbons (Fsp3) is 0.194. The maximum atomic E-state index is 10.4. The second-order valence-electron chi connectivity index (χ2n) is 8.77. The highest BCUT2D eigenvalue weighted by atomic mass is 16.7. The molecular formula is C31H29NO3. The van der Waals surface area contributed by atoms with Crippen molar-refractivity contribution in [3.05, 3.63) is 97.1 Å². The number of hydrogen-bond acceptors (Lipinski definition) is 3. The third-order valence-electron chi connectivity index (χ3n) is 6.38. The molecule has 5 aromatic rings. The van der Waals surface area contributed by atoms with Crippen LogP contribution >= 0.6 is 0 Å². The number of carbonyl (C=O) groups excluding carboxylic acids is 1. The molecule has 0 radical (unpaired) electrons. The monoisotopic (exact) mass is 463 g/mol. The van der Waals surface area contributed by atoms with Crippen LogP contribution in [0.1, 0.15) is 19.3 Å². The number of nitrogens with two attached hydrogens (primary N) is 1. The fourth-order valence-electron chi connectivity index (χ4n) is 4.70. The highest BCUT2D eigenvalue weighted by Crippen LogP contribution is 2.36. The number of fused-ring (bicyclic) bond motifs is 7. The summed E-state index contributed by atoms with van der Waals surface area (Å²) in [5, 5.41) is 10.6. The lowest BCUT2D eigenvalue weighted by molar-refractivity contribution is -0.123. The molecule has 4 heteroatoms. The van der Waals surface area contributed by atoms with Crippen LogP contribution in [-0.4, -0.2) is 25.4 Å². The molecule has 0 aromatic heterocycles. The van der Waals surface area contributed by atoms with Crippen LogP contribution in [0.5, 0.6) is 0 Å². The number of rotatable bonds is 2. The summed E-state index contributed by atoms with van der Waals surface area (Å²) in [5.74, 6) is -0.478. The highest BCUT2D eigenvalue weighted by molar-refractivity contribution is 6.27. The van der Waals surface area contributed by atoms with E-state index >= 15 is 0 Å². The summed E-state index contributed by atoms with van der Waals surface area (Å²) < 4.78 is 10.6. The van der Waals surface area contributed by atoms with E-state index in [1.807, 2.05) is 0 Å². The number of ether oxygens (including phenoxy) is 2. The summed E-state index contributed by atoms with van der Waals surface area (Å²) in [6, 6.07) is 30.7. The van der Waals surface area contributed by atoms with Crippen LogP contribution in [-0.2, 0) is 14.3 Å². The van der Waals surface area contributed by atoms with Gasteiger partial charge in [-0.1, -0.05) is 72.8 Å². The van der Waals surface area contributed by atoms with Gasteiger partial charge in [0.1, 0.15) is 0 Å². The van der Waals surface area contributed by atoms with Crippen molar-refractivity contribution in [1.29, 1.82) is 0 Å². The number of hydrogen-bond donors (Lipinski definition) is 1. The van der Waals surface area contributed by atoms with Crippen molar-refractivity contribution in [2.45, 2.75) is 25.6 Å². The zero-order valence-corrected chi connectivity index (χ0v) is 19.7. The van der Waals surface area contributed by atoms with E-state index in [4.69, 9.17) is 15.2 Å². The van der Waals surface area contributed by atoms with Crippen molar-refractivity contribution in [2.75, 3.05) is 13.2 Å². The molecule has 0 atom stereocenters. The minimum Gasteiger partial charge on any atom is -0.366 e. The number of carbonyl (C=O) groups is 1. The zero-order chi connectivity index (χ0) is 24.0. The van der Waals surface area contributed by atoms with Crippen LogP contribution in [0.2, 0.25) is 0 Å². The van der Waals surface area contributed by atoms with Gasteiger partial charge in [-0.05, 0) is 80.6 Å². The van der Waals surface area contributed by atoms with E-state index < -0.39 is 12.2 Å². The molecule has 0 bridgehead atoms. The molecule has 0 aliphatic carbocycles. The van der Waals surface area contributed by atoms with E-state index in [1.54, 1.807) is 6.08 Å². The van der Waals surface area contributed by atoms with Crippen molar-refractivity contribution in [1.82, 2.24) is 0 Å². The quantitative estimate of drug-likeness (QED) is 0.176. The lowest BCUT2D eigenvalue weighted by Crippen LogP contribution is -2.19. The maximum Gasteiger partial charge on any atom is 0.241 e. The number of amides is 1. The molecule has 6 rings (SSSR count). The predicted octanol–water partition coefficient (Wildman–Crippen LogP) is 6.87. The maximum absolute atomic E-state index is 10.4. The Kier molecular flexibility index (Phi) is 7.03. The van der Waals surface area contributed by atoms with Crippen LogP contribution in [0.15, 0.2) is 97.1 Å². The second kappa shape index (κ2) is 10.7. The number of benzene rings is 5. The van der Waals surface area contributed by atoms with Gasteiger partial charge in [0.2, 0.25) is 5.91 Å². The van der Waals surface area contributed by atoms with Gasteiger partial charge in [0.15, 0.2) is 6.29 Å². The molecule has 1 heterocycles. The third kappa shape index (κ3) is 5.19.